The molecule has 0 aromatic heterocycles. The van der Waals surface area contributed by atoms with Crippen LogP contribution in [0.25, 0.3) is 0 Å². The summed E-state index contributed by atoms with van der Waals surface area (Å²) in [6.45, 7) is 6.97. The van der Waals surface area contributed by atoms with Gasteiger partial charge in [0.2, 0.25) is 0 Å². The number of carbonyl (C=O) groups excluding carboxylic acids is 2. The van der Waals surface area contributed by atoms with Crippen molar-refractivity contribution in [1.82, 2.24) is 4.90 Å². The smallest absolute Gasteiger partial charge is 0.411 e. The van der Waals surface area contributed by atoms with Gasteiger partial charge < -0.3 is 14.4 Å². The molecule has 3 rings (SSSR count). The summed E-state index contributed by atoms with van der Waals surface area (Å²) < 4.78 is 10.8. The average Bonchev–Trinajstić information content (AvgIpc) is 2.88. The summed E-state index contributed by atoms with van der Waals surface area (Å²) in [6.07, 6.45) is 0.895. The van der Waals surface area contributed by atoms with Gasteiger partial charge in [0.1, 0.15) is 12.2 Å². The number of ether oxygens (including phenoxy) is 2. The van der Waals surface area contributed by atoms with Crippen LogP contribution in [0.2, 0.25) is 0 Å². The second kappa shape index (κ2) is 8.99. The standard InChI is InChI=1S/C23H28N2O4/c1-23(2,3)29-22(27)25-13-7-10-18-14-20(12-11-19(18)15-25)24-21(26)28-16-17-8-5-4-6-9-17/h4-6,8-9,11-12,14H,7,10,13,15-16H2,1-3H3,(H,24,26). The fraction of sp³-hybridized carbons (Fsp3) is 0.391. The summed E-state index contributed by atoms with van der Waals surface area (Å²) >= 11 is 0. The van der Waals surface area contributed by atoms with E-state index in [1.54, 1.807) is 4.90 Å². The first kappa shape index (κ1) is 20.7. The highest BCUT2D eigenvalue weighted by Crippen LogP contribution is 2.24. The molecule has 6 heteroatoms. The van der Waals surface area contributed by atoms with Gasteiger partial charge in [-0.05, 0) is 62.4 Å². The number of hydrogen-bond donors (Lipinski definition) is 1. The van der Waals surface area contributed by atoms with E-state index >= 15 is 0 Å². The molecule has 2 aromatic carbocycles. The highest BCUT2D eigenvalue weighted by molar-refractivity contribution is 5.84. The molecule has 1 aliphatic rings. The van der Waals surface area contributed by atoms with Gasteiger partial charge in [0, 0.05) is 18.8 Å². The van der Waals surface area contributed by atoms with Gasteiger partial charge in [-0.3, -0.25) is 5.32 Å². The summed E-state index contributed by atoms with van der Waals surface area (Å²) in [5.74, 6) is 0. The largest absolute Gasteiger partial charge is 0.444 e. The fourth-order valence-corrected chi connectivity index (χ4v) is 3.20. The Morgan fingerprint density at radius 3 is 2.55 bits per heavy atom. The molecule has 0 saturated carbocycles. The highest BCUT2D eigenvalue weighted by atomic mass is 16.6. The molecule has 154 valence electrons. The zero-order valence-corrected chi connectivity index (χ0v) is 17.2. The minimum Gasteiger partial charge on any atom is -0.444 e. The lowest BCUT2D eigenvalue weighted by molar-refractivity contribution is 0.0237. The minimum atomic E-state index is -0.514. The summed E-state index contributed by atoms with van der Waals surface area (Å²) in [5, 5.41) is 2.78. The summed E-state index contributed by atoms with van der Waals surface area (Å²) in [7, 11) is 0. The van der Waals surface area contributed by atoms with Crippen molar-refractivity contribution < 1.29 is 19.1 Å². The zero-order valence-electron chi connectivity index (χ0n) is 17.2. The highest BCUT2D eigenvalue weighted by Gasteiger charge is 2.24. The Labute approximate surface area is 171 Å². The van der Waals surface area contributed by atoms with Crippen LogP contribution in [0.15, 0.2) is 48.5 Å². The first-order valence-corrected chi connectivity index (χ1v) is 9.87. The van der Waals surface area contributed by atoms with Crippen molar-refractivity contribution in [3.63, 3.8) is 0 Å². The van der Waals surface area contributed by atoms with Crippen LogP contribution in [-0.4, -0.2) is 29.2 Å². The molecule has 2 amide bonds. The van der Waals surface area contributed by atoms with Crippen LogP contribution in [0, 0.1) is 0 Å². The molecule has 0 fully saturated rings. The molecule has 1 aliphatic heterocycles. The summed E-state index contributed by atoms with van der Waals surface area (Å²) in [4.78, 5) is 26.2. The van der Waals surface area contributed by atoms with E-state index in [9.17, 15) is 9.59 Å². The van der Waals surface area contributed by atoms with Gasteiger partial charge in [0.25, 0.3) is 0 Å². The maximum absolute atomic E-state index is 12.4. The number of aryl methyl sites for hydroxylation is 1. The van der Waals surface area contributed by atoms with E-state index in [0.717, 1.165) is 29.5 Å². The number of fused-ring (bicyclic) bond motifs is 1. The van der Waals surface area contributed by atoms with E-state index in [-0.39, 0.29) is 12.7 Å². The SMILES string of the molecule is CC(C)(C)OC(=O)N1CCCc2cc(NC(=O)OCc3ccccc3)ccc2C1. The molecule has 0 atom stereocenters. The number of carbonyl (C=O) groups is 2. The fourth-order valence-electron chi connectivity index (χ4n) is 3.20. The maximum atomic E-state index is 12.4. The van der Waals surface area contributed by atoms with E-state index in [2.05, 4.69) is 5.32 Å². The number of benzene rings is 2. The number of rotatable bonds is 3. The van der Waals surface area contributed by atoms with Gasteiger partial charge in [0.05, 0.1) is 0 Å². The van der Waals surface area contributed by atoms with Crippen molar-refractivity contribution >= 4 is 17.9 Å². The molecule has 1 N–H and O–H groups in total. The second-order valence-electron chi connectivity index (χ2n) is 8.18. The second-order valence-corrected chi connectivity index (χ2v) is 8.18. The molecular weight excluding hydrogens is 368 g/mol. The Hall–Kier alpha value is -3.02. The van der Waals surface area contributed by atoms with E-state index in [1.165, 1.54) is 0 Å². The van der Waals surface area contributed by atoms with Crippen molar-refractivity contribution in [2.45, 2.75) is 52.4 Å². The Morgan fingerprint density at radius 2 is 1.83 bits per heavy atom. The summed E-state index contributed by atoms with van der Waals surface area (Å²) in [6, 6.07) is 15.3. The monoisotopic (exact) mass is 396 g/mol. The van der Waals surface area contributed by atoms with Gasteiger partial charge in [-0.25, -0.2) is 9.59 Å². The first-order chi connectivity index (χ1) is 13.8. The van der Waals surface area contributed by atoms with Crippen molar-refractivity contribution in [3.05, 3.63) is 65.2 Å². The predicted octanol–water partition coefficient (Wildman–Crippen LogP) is 5.12. The zero-order chi connectivity index (χ0) is 20.9. The number of hydrogen-bond acceptors (Lipinski definition) is 4. The van der Waals surface area contributed by atoms with Crippen molar-refractivity contribution in [2.24, 2.45) is 0 Å². The van der Waals surface area contributed by atoms with Gasteiger partial charge in [-0.2, -0.15) is 0 Å². The Kier molecular flexibility index (Phi) is 6.42. The van der Waals surface area contributed by atoms with Crippen LogP contribution in [-0.2, 0) is 29.0 Å². The van der Waals surface area contributed by atoms with Gasteiger partial charge in [-0.15, -0.1) is 0 Å². The molecule has 0 spiro atoms. The number of amides is 2. The lowest BCUT2D eigenvalue weighted by Crippen LogP contribution is -2.36. The lowest BCUT2D eigenvalue weighted by atomic mass is 10.0. The van der Waals surface area contributed by atoms with E-state index < -0.39 is 11.7 Å². The van der Waals surface area contributed by atoms with Crippen LogP contribution in [0.4, 0.5) is 15.3 Å². The van der Waals surface area contributed by atoms with E-state index in [4.69, 9.17) is 9.47 Å². The molecule has 0 aliphatic carbocycles. The van der Waals surface area contributed by atoms with E-state index in [1.807, 2.05) is 69.3 Å². The molecule has 2 aromatic rings. The maximum Gasteiger partial charge on any atom is 0.411 e. The van der Waals surface area contributed by atoms with Crippen LogP contribution in [0.1, 0.15) is 43.9 Å². The van der Waals surface area contributed by atoms with Crippen LogP contribution >= 0.6 is 0 Å². The third kappa shape index (κ3) is 6.24. The Bertz CT molecular complexity index is 859. The molecule has 0 saturated heterocycles. The van der Waals surface area contributed by atoms with Gasteiger partial charge >= 0.3 is 12.2 Å². The molecule has 29 heavy (non-hydrogen) atoms. The number of nitrogens with one attached hydrogen (secondary N) is 1. The van der Waals surface area contributed by atoms with Crippen LogP contribution in [0.5, 0.6) is 0 Å². The number of anilines is 1. The van der Waals surface area contributed by atoms with E-state index in [0.29, 0.717) is 18.8 Å². The van der Waals surface area contributed by atoms with Crippen molar-refractivity contribution in [3.8, 4) is 0 Å². The minimum absolute atomic E-state index is 0.225. The van der Waals surface area contributed by atoms with Crippen molar-refractivity contribution in [1.29, 1.82) is 0 Å². The number of nitrogens with zero attached hydrogens (tertiary/aromatic N) is 1. The normalized spacial score (nSPS) is 13.8. The Balaban J connectivity index is 1.60. The van der Waals surface area contributed by atoms with Crippen LogP contribution < -0.4 is 5.32 Å². The topological polar surface area (TPSA) is 67.9 Å². The predicted molar refractivity (Wildman–Crippen MR) is 112 cm³/mol. The lowest BCUT2D eigenvalue weighted by Gasteiger charge is -2.26. The third-order valence-corrected chi connectivity index (χ3v) is 4.55. The quantitative estimate of drug-likeness (QED) is 0.782. The molecule has 6 nitrogen and oxygen atoms in total. The van der Waals surface area contributed by atoms with Crippen LogP contribution in [0.3, 0.4) is 0 Å². The molecule has 0 unspecified atom stereocenters. The Morgan fingerprint density at radius 1 is 1.07 bits per heavy atom. The van der Waals surface area contributed by atoms with Gasteiger partial charge in [-0.1, -0.05) is 36.4 Å². The van der Waals surface area contributed by atoms with Crippen molar-refractivity contribution in [2.75, 3.05) is 11.9 Å². The first-order valence-electron chi connectivity index (χ1n) is 9.87. The van der Waals surface area contributed by atoms with Gasteiger partial charge in [0.15, 0.2) is 0 Å². The molecule has 0 radical (unpaired) electrons. The third-order valence-electron chi connectivity index (χ3n) is 4.55. The molecule has 1 heterocycles. The molecular formula is C23H28N2O4. The molecule has 0 bridgehead atoms. The average molecular weight is 396 g/mol. The summed E-state index contributed by atoms with van der Waals surface area (Å²) in [5.41, 5.74) is 3.30.